The highest BCUT2D eigenvalue weighted by molar-refractivity contribution is 5.82. The Balaban J connectivity index is 4.42. The lowest BCUT2D eigenvalue weighted by Crippen LogP contribution is -2.42. The summed E-state index contributed by atoms with van der Waals surface area (Å²) >= 11 is 0. The molecule has 0 aliphatic rings. The number of rotatable bonds is 9. The molecule has 0 amide bonds. The molecule has 0 saturated heterocycles. The molecule has 0 aromatic heterocycles. The standard InChI is InChI=1S/C16H30O6/c1-11(10-14(19)22-5)6-7-13(18)16(4,21)9-8-12(17)15(2,3)20/h10,12-13,17-18,20-21H,6-9H2,1-5H3/t12-,13-,16-/m0/s1. The zero-order valence-electron chi connectivity index (χ0n) is 14.2. The normalized spacial score (nSPS) is 18.5. The fourth-order valence-electron chi connectivity index (χ4n) is 1.96. The van der Waals surface area contributed by atoms with Gasteiger partial charge in [0.1, 0.15) is 0 Å². The summed E-state index contributed by atoms with van der Waals surface area (Å²) in [5, 5.41) is 39.8. The lowest BCUT2D eigenvalue weighted by molar-refractivity contribution is -0.134. The van der Waals surface area contributed by atoms with Gasteiger partial charge < -0.3 is 25.2 Å². The van der Waals surface area contributed by atoms with E-state index in [2.05, 4.69) is 4.74 Å². The van der Waals surface area contributed by atoms with Gasteiger partial charge in [0.05, 0.1) is 30.5 Å². The Morgan fingerprint density at radius 2 is 1.68 bits per heavy atom. The van der Waals surface area contributed by atoms with Crippen LogP contribution in [0.2, 0.25) is 0 Å². The molecule has 0 aromatic carbocycles. The monoisotopic (exact) mass is 318 g/mol. The quantitative estimate of drug-likeness (QED) is 0.372. The zero-order valence-corrected chi connectivity index (χ0v) is 14.2. The number of methoxy groups -OCH3 is 1. The van der Waals surface area contributed by atoms with Crippen molar-refractivity contribution in [2.45, 2.75) is 76.8 Å². The third kappa shape index (κ3) is 7.89. The van der Waals surface area contributed by atoms with Crippen LogP contribution in [0, 0.1) is 0 Å². The predicted molar refractivity (Wildman–Crippen MR) is 83.2 cm³/mol. The molecule has 0 radical (unpaired) electrons. The number of hydrogen-bond donors (Lipinski definition) is 4. The van der Waals surface area contributed by atoms with Crippen LogP contribution in [0.15, 0.2) is 11.6 Å². The Morgan fingerprint density at radius 3 is 2.14 bits per heavy atom. The SMILES string of the molecule is COC(=O)C=C(C)CC[C@H](O)[C@@](C)(O)CC[C@H](O)C(C)(C)O. The first-order valence-corrected chi connectivity index (χ1v) is 7.46. The number of aliphatic hydroxyl groups is 4. The lowest BCUT2D eigenvalue weighted by Gasteiger charge is -2.32. The topological polar surface area (TPSA) is 107 Å². The summed E-state index contributed by atoms with van der Waals surface area (Å²) < 4.78 is 4.51. The molecule has 0 aliphatic heterocycles. The second-order valence-electron chi connectivity index (χ2n) is 6.63. The van der Waals surface area contributed by atoms with Gasteiger partial charge in [-0.05, 0) is 53.4 Å². The Morgan fingerprint density at radius 1 is 1.14 bits per heavy atom. The maximum absolute atomic E-state index is 11.1. The summed E-state index contributed by atoms with van der Waals surface area (Å²) in [6.07, 6.45) is 0.420. The number of carbonyl (C=O) groups is 1. The molecule has 0 unspecified atom stereocenters. The zero-order chi connectivity index (χ0) is 17.6. The molecule has 0 bridgehead atoms. The van der Waals surface area contributed by atoms with Gasteiger partial charge in [-0.1, -0.05) is 5.57 Å². The fourth-order valence-corrected chi connectivity index (χ4v) is 1.96. The molecule has 3 atom stereocenters. The molecule has 0 fully saturated rings. The van der Waals surface area contributed by atoms with Crippen molar-refractivity contribution in [2.24, 2.45) is 0 Å². The molecule has 0 spiro atoms. The van der Waals surface area contributed by atoms with Crippen molar-refractivity contribution in [1.29, 1.82) is 0 Å². The highest BCUT2D eigenvalue weighted by Crippen LogP contribution is 2.25. The Labute approximate surface area is 132 Å². The molecule has 0 aromatic rings. The van der Waals surface area contributed by atoms with Gasteiger partial charge in [-0.3, -0.25) is 0 Å². The van der Waals surface area contributed by atoms with Crippen LogP contribution in [0.25, 0.3) is 0 Å². The Kier molecular flexibility index (Phi) is 8.25. The first kappa shape index (κ1) is 21.0. The van der Waals surface area contributed by atoms with Crippen LogP contribution in [-0.2, 0) is 9.53 Å². The molecule has 130 valence electrons. The maximum atomic E-state index is 11.1. The van der Waals surface area contributed by atoms with Gasteiger partial charge in [0, 0.05) is 6.08 Å². The van der Waals surface area contributed by atoms with Gasteiger partial charge in [-0.15, -0.1) is 0 Å². The minimum atomic E-state index is -1.38. The van der Waals surface area contributed by atoms with Gasteiger partial charge in [0.25, 0.3) is 0 Å². The lowest BCUT2D eigenvalue weighted by atomic mass is 9.86. The second-order valence-corrected chi connectivity index (χ2v) is 6.63. The van der Waals surface area contributed by atoms with Crippen molar-refractivity contribution in [3.8, 4) is 0 Å². The van der Waals surface area contributed by atoms with Crippen molar-refractivity contribution >= 4 is 5.97 Å². The van der Waals surface area contributed by atoms with Gasteiger partial charge in [0.15, 0.2) is 0 Å². The second kappa shape index (κ2) is 8.62. The van der Waals surface area contributed by atoms with Crippen molar-refractivity contribution in [3.05, 3.63) is 11.6 Å². The molecule has 0 heterocycles. The van der Waals surface area contributed by atoms with Gasteiger partial charge in [0.2, 0.25) is 0 Å². The van der Waals surface area contributed by atoms with Crippen LogP contribution in [0.4, 0.5) is 0 Å². The van der Waals surface area contributed by atoms with E-state index in [0.29, 0.717) is 6.42 Å². The van der Waals surface area contributed by atoms with Crippen LogP contribution < -0.4 is 0 Å². The van der Waals surface area contributed by atoms with Crippen molar-refractivity contribution < 1.29 is 30.0 Å². The first-order valence-electron chi connectivity index (χ1n) is 7.46. The van der Waals surface area contributed by atoms with Crippen LogP contribution >= 0.6 is 0 Å². The van der Waals surface area contributed by atoms with Crippen LogP contribution in [0.1, 0.15) is 53.4 Å². The molecule has 6 heteroatoms. The third-order valence-corrected chi connectivity index (χ3v) is 3.83. The summed E-state index contributed by atoms with van der Waals surface area (Å²) in [6, 6.07) is 0. The summed E-state index contributed by atoms with van der Waals surface area (Å²) in [5.41, 5.74) is -1.88. The molecule has 6 nitrogen and oxygen atoms in total. The summed E-state index contributed by atoms with van der Waals surface area (Å²) in [4.78, 5) is 11.1. The van der Waals surface area contributed by atoms with E-state index in [1.165, 1.54) is 34.0 Å². The summed E-state index contributed by atoms with van der Waals surface area (Å²) in [6.45, 7) is 6.22. The maximum Gasteiger partial charge on any atom is 0.330 e. The summed E-state index contributed by atoms with van der Waals surface area (Å²) in [7, 11) is 1.29. The molecule has 0 aliphatic carbocycles. The minimum absolute atomic E-state index is 0.152. The van der Waals surface area contributed by atoms with Gasteiger partial charge >= 0.3 is 5.97 Å². The van der Waals surface area contributed by atoms with E-state index in [4.69, 9.17) is 0 Å². The van der Waals surface area contributed by atoms with Crippen molar-refractivity contribution in [1.82, 2.24) is 0 Å². The summed E-state index contributed by atoms with van der Waals surface area (Å²) in [5.74, 6) is -0.452. The molecule has 4 N–H and O–H groups in total. The third-order valence-electron chi connectivity index (χ3n) is 3.83. The molecule has 0 saturated carbocycles. The van der Waals surface area contributed by atoms with E-state index in [-0.39, 0.29) is 19.3 Å². The number of aliphatic hydroxyl groups excluding tert-OH is 2. The van der Waals surface area contributed by atoms with Crippen LogP contribution in [0.3, 0.4) is 0 Å². The van der Waals surface area contributed by atoms with Crippen molar-refractivity contribution in [3.63, 3.8) is 0 Å². The highest BCUT2D eigenvalue weighted by Gasteiger charge is 2.33. The number of hydrogen-bond acceptors (Lipinski definition) is 6. The average molecular weight is 318 g/mol. The van der Waals surface area contributed by atoms with E-state index < -0.39 is 29.4 Å². The number of ether oxygens (including phenoxy) is 1. The van der Waals surface area contributed by atoms with E-state index >= 15 is 0 Å². The largest absolute Gasteiger partial charge is 0.466 e. The number of allylic oxidation sites excluding steroid dienone is 1. The molecular weight excluding hydrogens is 288 g/mol. The average Bonchev–Trinajstić information content (AvgIpc) is 2.40. The van der Waals surface area contributed by atoms with Crippen LogP contribution in [-0.4, -0.2) is 56.9 Å². The van der Waals surface area contributed by atoms with Crippen LogP contribution in [0.5, 0.6) is 0 Å². The Bertz CT molecular complexity index is 381. The number of carbonyl (C=O) groups excluding carboxylic acids is 1. The van der Waals surface area contributed by atoms with E-state index in [1.54, 1.807) is 6.92 Å². The first-order chi connectivity index (χ1) is 9.90. The predicted octanol–water partition coefficient (Wildman–Crippen LogP) is 0.910. The van der Waals surface area contributed by atoms with Crippen molar-refractivity contribution in [2.75, 3.05) is 7.11 Å². The minimum Gasteiger partial charge on any atom is -0.466 e. The fraction of sp³-hybridized carbons (Fsp3) is 0.812. The van der Waals surface area contributed by atoms with Gasteiger partial charge in [-0.25, -0.2) is 4.79 Å². The van der Waals surface area contributed by atoms with E-state index in [9.17, 15) is 25.2 Å². The molecule has 0 rings (SSSR count). The number of esters is 1. The highest BCUT2D eigenvalue weighted by atomic mass is 16.5. The van der Waals surface area contributed by atoms with E-state index in [1.807, 2.05) is 0 Å². The van der Waals surface area contributed by atoms with Gasteiger partial charge in [-0.2, -0.15) is 0 Å². The molecular formula is C16H30O6. The molecule has 22 heavy (non-hydrogen) atoms. The van der Waals surface area contributed by atoms with E-state index in [0.717, 1.165) is 5.57 Å². The smallest absolute Gasteiger partial charge is 0.330 e. The Hall–Kier alpha value is -0.950.